The Bertz CT molecular complexity index is 466. The van der Waals surface area contributed by atoms with Gasteiger partial charge >= 0.3 is 0 Å². The molecule has 19 heavy (non-hydrogen) atoms. The molecule has 5 nitrogen and oxygen atoms in total. The topological polar surface area (TPSA) is 55.6 Å². The first-order valence-electron chi connectivity index (χ1n) is 6.58. The largest absolute Gasteiger partial charge is 0.496 e. The molecule has 104 valence electrons. The van der Waals surface area contributed by atoms with E-state index in [-0.39, 0.29) is 10.6 Å². The Labute approximate surface area is 113 Å². The van der Waals surface area contributed by atoms with Gasteiger partial charge in [-0.05, 0) is 30.4 Å². The summed E-state index contributed by atoms with van der Waals surface area (Å²) in [5, 5.41) is 11.2. The van der Waals surface area contributed by atoms with Gasteiger partial charge in [0.15, 0.2) is 0 Å². The van der Waals surface area contributed by atoms with Crippen LogP contribution in [0.5, 0.6) is 5.75 Å². The van der Waals surface area contributed by atoms with Gasteiger partial charge in [-0.1, -0.05) is 13.8 Å². The molecule has 1 fully saturated rings. The summed E-state index contributed by atoms with van der Waals surface area (Å²) >= 11 is 0. The van der Waals surface area contributed by atoms with Crippen LogP contribution in [0, 0.1) is 22.0 Å². The summed E-state index contributed by atoms with van der Waals surface area (Å²) in [7, 11) is 1.52. The van der Waals surface area contributed by atoms with Crippen LogP contribution in [0.25, 0.3) is 0 Å². The molecule has 1 heterocycles. The molecule has 1 aromatic carbocycles. The van der Waals surface area contributed by atoms with Crippen molar-refractivity contribution in [2.24, 2.45) is 11.8 Å². The zero-order valence-electron chi connectivity index (χ0n) is 11.6. The van der Waals surface area contributed by atoms with E-state index in [0.29, 0.717) is 23.3 Å². The molecule has 0 N–H and O–H groups in total. The monoisotopic (exact) mass is 264 g/mol. The van der Waals surface area contributed by atoms with Gasteiger partial charge in [0.2, 0.25) is 0 Å². The lowest BCUT2D eigenvalue weighted by Crippen LogP contribution is -2.39. The number of ether oxygens (including phenoxy) is 1. The maximum atomic E-state index is 11.2. The molecule has 0 spiro atoms. The highest BCUT2D eigenvalue weighted by Crippen LogP contribution is 2.35. The van der Waals surface area contributed by atoms with Gasteiger partial charge in [0.25, 0.3) is 5.69 Å². The van der Waals surface area contributed by atoms with Crippen LogP contribution in [0.3, 0.4) is 0 Å². The van der Waals surface area contributed by atoms with E-state index in [9.17, 15) is 10.1 Å². The van der Waals surface area contributed by atoms with Crippen LogP contribution in [0.15, 0.2) is 18.2 Å². The van der Waals surface area contributed by atoms with Crippen molar-refractivity contribution in [3.8, 4) is 5.75 Å². The predicted molar refractivity (Wildman–Crippen MR) is 74.8 cm³/mol. The van der Waals surface area contributed by atoms with Crippen molar-refractivity contribution >= 4 is 11.4 Å². The summed E-state index contributed by atoms with van der Waals surface area (Å²) in [4.78, 5) is 13.0. The fourth-order valence-electron chi connectivity index (χ4n) is 2.90. The maximum Gasteiger partial charge on any atom is 0.296 e. The van der Waals surface area contributed by atoms with E-state index in [0.717, 1.165) is 13.1 Å². The molecular formula is C14H20N2O3. The molecule has 2 rings (SSSR count). The fraction of sp³-hybridized carbons (Fsp3) is 0.571. The number of nitrogens with zero attached hydrogens (tertiary/aromatic N) is 2. The van der Waals surface area contributed by atoms with Gasteiger partial charge in [0.1, 0.15) is 11.4 Å². The lowest BCUT2D eigenvalue weighted by atomic mass is 9.91. The molecular weight excluding hydrogens is 244 g/mol. The number of piperidine rings is 1. The Morgan fingerprint density at radius 3 is 2.47 bits per heavy atom. The summed E-state index contributed by atoms with van der Waals surface area (Å²) in [5.74, 6) is 1.64. The zero-order valence-corrected chi connectivity index (χ0v) is 11.6. The van der Waals surface area contributed by atoms with Gasteiger partial charge in [0, 0.05) is 13.1 Å². The number of benzene rings is 1. The van der Waals surface area contributed by atoms with E-state index in [1.807, 2.05) is 0 Å². The first kappa shape index (κ1) is 13.6. The van der Waals surface area contributed by atoms with E-state index < -0.39 is 0 Å². The molecule has 1 saturated heterocycles. The SMILES string of the molecule is COc1ccc(N2C[C@@H](C)C[C@H](C)C2)c([N+](=O)[O-])c1. The number of nitro groups is 1. The van der Waals surface area contributed by atoms with Crippen LogP contribution < -0.4 is 9.64 Å². The summed E-state index contributed by atoms with van der Waals surface area (Å²) < 4.78 is 5.07. The second kappa shape index (κ2) is 5.47. The third kappa shape index (κ3) is 2.97. The molecule has 2 atom stereocenters. The zero-order chi connectivity index (χ0) is 14.0. The number of hydrogen-bond donors (Lipinski definition) is 0. The van der Waals surface area contributed by atoms with Gasteiger partial charge in [-0.15, -0.1) is 0 Å². The van der Waals surface area contributed by atoms with Crippen molar-refractivity contribution in [2.45, 2.75) is 20.3 Å². The van der Waals surface area contributed by atoms with Crippen molar-refractivity contribution in [3.05, 3.63) is 28.3 Å². The van der Waals surface area contributed by atoms with Crippen LogP contribution >= 0.6 is 0 Å². The second-order valence-corrected chi connectivity index (χ2v) is 5.46. The number of nitro benzene ring substituents is 1. The van der Waals surface area contributed by atoms with E-state index in [1.54, 1.807) is 12.1 Å². The van der Waals surface area contributed by atoms with Gasteiger partial charge in [0.05, 0.1) is 18.1 Å². The van der Waals surface area contributed by atoms with Crippen molar-refractivity contribution < 1.29 is 9.66 Å². The minimum Gasteiger partial charge on any atom is -0.496 e. The van der Waals surface area contributed by atoms with E-state index in [1.165, 1.54) is 19.6 Å². The Balaban J connectivity index is 2.35. The van der Waals surface area contributed by atoms with Crippen molar-refractivity contribution in [3.63, 3.8) is 0 Å². The summed E-state index contributed by atoms with van der Waals surface area (Å²) in [6.07, 6.45) is 1.18. The minimum atomic E-state index is -0.332. The van der Waals surface area contributed by atoms with Crippen LogP contribution in [-0.2, 0) is 0 Å². The van der Waals surface area contributed by atoms with Gasteiger partial charge in [-0.2, -0.15) is 0 Å². The Hall–Kier alpha value is -1.78. The first-order chi connectivity index (χ1) is 9.01. The van der Waals surface area contributed by atoms with Crippen molar-refractivity contribution in [1.82, 2.24) is 0 Å². The van der Waals surface area contributed by atoms with Gasteiger partial charge in [-0.3, -0.25) is 10.1 Å². The summed E-state index contributed by atoms with van der Waals surface area (Å²) in [6.45, 7) is 6.13. The molecule has 0 unspecified atom stereocenters. The van der Waals surface area contributed by atoms with Crippen molar-refractivity contribution in [2.75, 3.05) is 25.1 Å². The average Bonchev–Trinajstić information content (AvgIpc) is 2.36. The second-order valence-electron chi connectivity index (χ2n) is 5.46. The van der Waals surface area contributed by atoms with Crippen LogP contribution in [-0.4, -0.2) is 25.1 Å². The number of hydrogen-bond acceptors (Lipinski definition) is 4. The first-order valence-corrected chi connectivity index (χ1v) is 6.58. The molecule has 0 radical (unpaired) electrons. The van der Waals surface area contributed by atoms with Crippen LogP contribution in [0.2, 0.25) is 0 Å². The van der Waals surface area contributed by atoms with Gasteiger partial charge in [-0.25, -0.2) is 0 Å². The molecule has 0 aromatic heterocycles. The molecule has 0 bridgehead atoms. The normalized spacial score (nSPS) is 23.2. The molecule has 0 saturated carbocycles. The quantitative estimate of drug-likeness (QED) is 0.622. The molecule has 0 aliphatic carbocycles. The highest BCUT2D eigenvalue weighted by Gasteiger charge is 2.27. The highest BCUT2D eigenvalue weighted by molar-refractivity contribution is 5.65. The third-order valence-corrected chi connectivity index (χ3v) is 3.59. The lowest BCUT2D eigenvalue weighted by Gasteiger charge is -2.36. The Morgan fingerprint density at radius 2 is 1.95 bits per heavy atom. The molecule has 1 aromatic rings. The molecule has 1 aliphatic rings. The van der Waals surface area contributed by atoms with E-state index in [4.69, 9.17) is 4.74 Å². The van der Waals surface area contributed by atoms with Crippen LogP contribution in [0.1, 0.15) is 20.3 Å². The van der Waals surface area contributed by atoms with E-state index >= 15 is 0 Å². The Kier molecular flexibility index (Phi) is 3.93. The predicted octanol–water partition coefficient (Wildman–Crippen LogP) is 3.09. The standard InChI is InChI=1S/C14H20N2O3/c1-10-6-11(2)9-15(8-10)13-5-4-12(19-3)7-14(13)16(17)18/h4-5,7,10-11H,6,8-9H2,1-3H3/t10-,11-/m0/s1. The van der Waals surface area contributed by atoms with Crippen LogP contribution in [0.4, 0.5) is 11.4 Å². The van der Waals surface area contributed by atoms with Gasteiger partial charge < -0.3 is 9.64 Å². The van der Waals surface area contributed by atoms with Crippen molar-refractivity contribution in [1.29, 1.82) is 0 Å². The molecule has 0 amide bonds. The fourth-order valence-corrected chi connectivity index (χ4v) is 2.90. The Morgan fingerprint density at radius 1 is 1.32 bits per heavy atom. The molecule has 5 heteroatoms. The lowest BCUT2D eigenvalue weighted by molar-refractivity contribution is -0.384. The number of rotatable bonds is 3. The average molecular weight is 264 g/mol. The van der Waals surface area contributed by atoms with E-state index in [2.05, 4.69) is 18.7 Å². The minimum absolute atomic E-state index is 0.126. The number of methoxy groups -OCH3 is 1. The number of anilines is 1. The third-order valence-electron chi connectivity index (χ3n) is 3.59. The molecule has 1 aliphatic heterocycles. The smallest absolute Gasteiger partial charge is 0.296 e. The highest BCUT2D eigenvalue weighted by atomic mass is 16.6. The summed E-state index contributed by atoms with van der Waals surface area (Å²) in [5.41, 5.74) is 0.824. The summed E-state index contributed by atoms with van der Waals surface area (Å²) in [6, 6.07) is 5.08. The maximum absolute atomic E-state index is 11.2.